The van der Waals surface area contributed by atoms with E-state index in [9.17, 15) is 9.59 Å². The molecule has 28 heavy (non-hydrogen) atoms. The van der Waals surface area contributed by atoms with Gasteiger partial charge in [-0.25, -0.2) is 4.98 Å². The molecule has 0 fully saturated rings. The van der Waals surface area contributed by atoms with Crippen molar-refractivity contribution in [2.75, 3.05) is 0 Å². The van der Waals surface area contributed by atoms with Crippen molar-refractivity contribution < 1.29 is 4.79 Å². The van der Waals surface area contributed by atoms with Crippen LogP contribution in [-0.4, -0.2) is 26.8 Å². The third kappa shape index (κ3) is 4.08. The lowest BCUT2D eigenvalue weighted by Crippen LogP contribution is -2.36. The largest absolute Gasteiger partial charge is 0.353 e. The van der Waals surface area contributed by atoms with Crippen molar-refractivity contribution in [1.82, 2.24) is 14.9 Å². The second-order valence-corrected chi connectivity index (χ2v) is 8.57. The van der Waals surface area contributed by atoms with Gasteiger partial charge in [-0.2, -0.15) is 0 Å². The lowest BCUT2D eigenvalue weighted by atomic mass is 10.2. The van der Waals surface area contributed by atoms with Gasteiger partial charge in [-0.1, -0.05) is 41.6 Å². The molecule has 1 heterocycles. The van der Waals surface area contributed by atoms with E-state index in [0.29, 0.717) is 26.8 Å². The van der Waals surface area contributed by atoms with E-state index >= 15 is 0 Å². The number of nitrogens with one attached hydrogen (secondary N) is 1. The van der Waals surface area contributed by atoms with Crippen molar-refractivity contribution in [1.29, 1.82) is 0 Å². The van der Waals surface area contributed by atoms with Gasteiger partial charge < -0.3 is 5.32 Å². The Kier molecular flexibility index (Phi) is 6.10. The van der Waals surface area contributed by atoms with Crippen LogP contribution >= 0.6 is 23.4 Å². The Balaban J connectivity index is 2.19. The maximum absolute atomic E-state index is 13.3. The number of aromatic nitrogens is 2. The Morgan fingerprint density at radius 1 is 1.14 bits per heavy atom. The van der Waals surface area contributed by atoms with Crippen LogP contribution in [-0.2, 0) is 4.79 Å². The smallest absolute Gasteiger partial charge is 0.266 e. The highest BCUT2D eigenvalue weighted by molar-refractivity contribution is 8.00. The maximum Gasteiger partial charge on any atom is 0.266 e. The van der Waals surface area contributed by atoms with Gasteiger partial charge in [0.15, 0.2) is 5.16 Å². The van der Waals surface area contributed by atoms with Gasteiger partial charge in [-0.05, 0) is 57.5 Å². The molecule has 1 aromatic heterocycles. The zero-order valence-electron chi connectivity index (χ0n) is 16.2. The van der Waals surface area contributed by atoms with Crippen LogP contribution in [0, 0.1) is 6.92 Å². The summed E-state index contributed by atoms with van der Waals surface area (Å²) in [6, 6.07) is 12.7. The minimum absolute atomic E-state index is 0.0393. The number of para-hydroxylation sites is 1. The van der Waals surface area contributed by atoms with Crippen molar-refractivity contribution in [2.24, 2.45) is 0 Å². The Bertz CT molecular complexity index is 1090. The average molecular weight is 416 g/mol. The number of thioether (sulfide) groups is 1. The summed E-state index contributed by atoms with van der Waals surface area (Å²) in [4.78, 5) is 30.4. The molecule has 5 nitrogen and oxygen atoms in total. The van der Waals surface area contributed by atoms with Gasteiger partial charge in [0.2, 0.25) is 5.91 Å². The van der Waals surface area contributed by atoms with E-state index < -0.39 is 5.25 Å². The van der Waals surface area contributed by atoms with Crippen LogP contribution in [0.2, 0.25) is 5.02 Å². The van der Waals surface area contributed by atoms with E-state index in [1.807, 2.05) is 39.0 Å². The highest BCUT2D eigenvalue weighted by Gasteiger charge is 2.21. The minimum atomic E-state index is -0.416. The molecule has 0 saturated carbocycles. The topological polar surface area (TPSA) is 64.0 Å². The molecule has 1 atom stereocenters. The molecule has 1 amide bonds. The van der Waals surface area contributed by atoms with E-state index in [4.69, 9.17) is 11.6 Å². The van der Waals surface area contributed by atoms with E-state index in [-0.39, 0.29) is 17.5 Å². The van der Waals surface area contributed by atoms with Gasteiger partial charge >= 0.3 is 0 Å². The van der Waals surface area contributed by atoms with Crippen molar-refractivity contribution in [3.63, 3.8) is 0 Å². The zero-order chi connectivity index (χ0) is 20.4. The normalized spacial score (nSPS) is 12.4. The fraction of sp³-hybridized carbons (Fsp3) is 0.286. The quantitative estimate of drug-likeness (QED) is 0.497. The molecule has 7 heteroatoms. The Labute approximate surface area is 173 Å². The first-order valence-electron chi connectivity index (χ1n) is 9.04. The van der Waals surface area contributed by atoms with Crippen molar-refractivity contribution in [3.05, 3.63) is 63.4 Å². The lowest BCUT2D eigenvalue weighted by molar-refractivity contribution is -0.120. The fourth-order valence-electron chi connectivity index (χ4n) is 2.86. The molecule has 0 aliphatic carbocycles. The number of benzene rings is 2. The van der Waals surface area contributed by atoms with E-state index in [2.05, 4.69) is 10.3 Å². The summed E-state index contributed by atoms with van der Waals surface area (Å²) < 4.78 is 1.55. The standard InChI is InChI=1S/C21H22ClN3O2S/c1-12(2)23-19(26)14(4)28-21-24-17-10-6-5-8-15(17)20(27)25(21)18-11-7-9-16(22)13(18)3/h5-12,14H,1-4H3,(H,23,26). The molecule has 0 aliphatic heterocycles. The molecule has 2 aromatic carbocycles. The summed E-state index contributed by atoms with van der Waals surface area (Å²) in [6.45, 7) is 7.49. The van der Waals surface area contributed by atoms with Crippen molar-refractivity contribution >= 4 is 40.2 Å². The number of fused-ring (bicyclic) bond motifs is 1. The van der Waals surface area contributed by atoms with Crippen LogP contribution in [0.5, 0.6) is 0 Å². The first-order chi connectivity index (χ1) is 13.3. The molecular formula is C21H22ClN3O2S. The predicted molar refractivity (Wildman–Crippen MR) is 116 cm³/mol. The second kappa shape index (κ2) is 8.37. The Morgan fingerprint density at radius 3 is 2.57 bits per heavy atom. The summed E-state index contributed by atoms with van der Waals surface area (Å²) in [5.41, 5.74) is 1.86. The maximum atomic E-state index is 13.3. The second-order valence-electron chi connectivity index (χ2n) is 6.86. The van der Waals surface area contributed by atoms with Gasteiger partial charge in [0.25, 0.3) is 5.56 Å². The summed E-state index contributed by atoms with van der Waals surface area (Å²) in [7, 11) is 0. The van der Waals surface area contributed by atoms with Gasteiger partial charge in [-0.15, -0.1) is 0 Å². The van der Waals surface area contributed by atoms with E-state index in [1.54, 1.807) is 35.8 Å². The van der Waals surface area contributed by atoms with Crippen LogP contribution in [0.25, 0.3) is 16.6 Å². The number of halogens is 1. The van der Waals surface area contributed by atoms with Crippen LogP contribution in [0.3, 0.4) is 0 Å². The minimum Gasteiger partial charge on any atom is -0.353 e. The third-order valence-corrected chi connectivity index (χ3v) is 5.77. The van der Waals surface area contributed by atoms with Gasteiger partial charge in [0.1, 0.15) is 0 Å². The first kappa shape index (κ1) is 20.4. The molecule has 3 aromatic rings. The first-order valence-corrected chi connectivity index (χ1v) is 10.3. The number of amides is 1. The van der Waals surface area contributed by atoms with Gasteiger partial charge in [0, 0.05) is 11.1 Å². The molecule has 0 saturated heterocycles. The van der Waals surface area contributed by atoms with Gasteiger partial charge in [-0.3, -0.25) is 14.2 Å². The summed E-state index contributed by atoms with van der Waals surface area (Å²) >= 11 is 7.55. The molecule has 0 aliphatic rings. The van der Waals surface area contributed by atoms with Crippen molar-refractivity contribution in [2.45, 2.75) is 44.1 Å². The summed E-state index contributed by atoms with van der Waals surface area (Å²) in [6.07, 6.45) is 0. The molecule has 0 spiro atoms. The molecule has 1 unspecified atom stereocenters. The molecule has 1 N–H and O–H groups in total. The number of hydrogen-bond acceptors (Lipinski definition) is 4. The number of rotatable bonds is 5. The van der Waals surface area contributed by atoms with Gasteiger partial charge in [0.05, 0.1) is 21.8 Å². The molecular weight excluding hydrogens is 394 g/mol. The average Bonchev–Trinajstić information content (AvgIpc) is 2.64. The van der Waals surface area contributed by atoms with Crippen molar-refractivity contribution in [3.8, 4) is 5.69 Å². The predicted octanol–water partition coefficient (Wildman–Crippen LogP) is 4.35. The molecule has 146 valence electrons. The summed E-state index contributed by atoms with van der Waals surface area (Å²) in [5, 5.41) is 4.03. The number of hydrogen-bond donors (Lipinski definition) is 1. The zero-order valence-corrected chi connectivity index (χ0v) is 17.8. The summed E-state index contributed by atoms with van der Waals surface area (Å²) in [5.74, 6) is -0.100. The molecule has 0 radical (unpaired) electrons. The highest BCUT2D eigenvalue weighted by atomic mass is 35.5. The third-order valence-electron chi connectivity index (χ3n) is 4.31. The monoisotopic (exact) mass is 415 g/mol. The Hall–Kier alpha value is -2.31. The van der Waals surface area contributed by atoms with Crippen LogP contribution in [0.1, 0.15) is 26.3 Å². The van der Waals surface area contributed by atoms with E-state index in [1.165, 1.54) is 11.8 Å². The van der Waals surface area contributed by atoms with E-state index in [0.717, 1.165) is 5.56 Å². The fourth-order valence-corrected chi connectivity index (χ4v) is 3.95. The molecule has 0 bridgehead atoms. The number of carbonyl (C=O) groups is 1. The Morgan fingerprint density at radius 2 is 1.86 bits per heavy atom. The number of nitrogens with zero attached hydrogens (tertiary/aromatic N) is 2. The van der Waals surface area contributed by atoms with Crippen LogP contribution < -0.4 is 10.9 Å². The van der Waals surface area contributed by atoms with Crippen LogP contribution in [0.4, 0.5) is 0 Å². The SMILES string of the molecule is Cc1c(Cl)cccc1-n1c(SC(C)C(=O)NC(C)C)nc2ccccc2c1=O. The highest BCUT2D eigenvalue weighted by Crippen LogP contribution is 2.28. The van der Waals surface area contributed by atoms with Crippen LogP contribution in [0.15, 0.2) is 52.4 Å². The molecule has 3 rings (SSSR count). The lowest BCUT2D eigenvalue weighted by Gasteiger charge is -2.18. The number of carbonyl (C=O) groups excluding carboxylic acids is 1.